The molecule has 0 aromatic carbocycles. The lowest BCUT2D eigenvalue weighted by Gasteiger charge is -2.23. The molecule has 0 aliphatic carbocycles. The lowest BCUT2D eigenvalue weighted by atomic mass is 10.2. The van der Waals surface area contributed by atoms with Crippen molar-refractivity contribution in [2.75, 3.05) is 6.54 Å². The Labute approximate surface area is 145 Å². The predicted octanol–water partition coefficient (Wildman–Crippen LogP) is 2.49. The zero-order valence-electron chi connectivity index (χ0n) is 14.3. The van der Waals surface area contributed by atoms with Gasteiger partial charge in [-0.05, 0) is 38.0 Å². The van der Waals surface area contributed by atoms with E-state index in [1.165, 1.54) is 0 Å². The number of likely N-dealkylation sites (tertiary alicyclic amines) is 1. The number of nitrogens with zero attached hydrogens (tertiary/aromatic N) is 5. The van der Waals surface area contributed by atoms with Crippen LogP contribution in [-0.2, 0) is 7.05 Å². The summed E-state index contributed by atoms with van der Waals surface area (Å²) >= 11 is 0. The second kappa shape index (κ2) is 6.16. The molecule has 4 heterocycles. The third kappa shape index (κ3) is 2.82. The molecule has 7 heteroatoms. The van der Waals surface area contributed by atoms with Gasteiger partial charge in [0.1, 0.15) is 11.5 Å². The number of hydrogen-bond acceptors (Lipinski definition) is 4. The minimum absolute atomic E-state index is 0.0105. The van der Waals surface area contributed by atoms with Crippen molar-refractivity contribution in [3.63, 3.8) is 0 Å². The topological polar surface area (TPSA) is 79.7 Å². The maximum Gasteiger partial charge on any atom is 0.272 e. The van der Waals surface area contributed by atoms with E-state index in [1.807, 2.05) is 41.8 Å². The average molecular weight is 336 g/mol. The molecule has 7 nitrogen and oxygen atoms in total. The largest absolute Gasteiger partial charge is 0.336 e. The van der Waals surface area contributed by atoms with Crippen molar-refractivity contribution < 1.29 is 4.79 Å². The van der Waals surface area contributed by atoms with Crippen molar-refractivity contribution in [3.05, 3.63) is 54.0 Å². The van der Waals surface area contributed by atoms with Crippen LogP contribution in [0.25, 0.3) is 11.3 Å². The van der Waals surface area contributed by atoms with Crippen LogP contribution in [-0.4, -0.2) is 42.1 Å². The Bertz CT molecular complexity index is 897. The molecule has 0 radical (unpaired) electrons. The molecule has 128 valence electrons. The summed E-state index contributed by atoms with van der Waals surface area (Å²) in [5, 5.41) is 7.14. The molecule has 1 aliphatic heterocycles. The van der Waals surface area contributed by atoms with Gasteiger partial charge in [0, 0.05) is 37.7 Å². The number of rotatable bonds is 3. The lowest BCUT2D eigenvalue weighted by Crippen LogP contribution is -2.32. The molecular weight excluding hydrogens is 316 g/mol. The van der Waals surface area contributed by atoms with E-state index in [0.717, 1.165) is 42.2 Å². The van der Waals surface area contributed by atoms with E-state index in [4.69, 9.17) is 0 Å². The molecule has 1 fully saturated rings. The van der Waals surface area contributed by atoms with Gasteiger partial charge in [0.05, 0.1) is 17.4 Å². The molecule has 25 heavy (non-hydrogen) atoms. The van der Waals surface area contributed by atoms with Crippen LogP contribution in [0.3, 0.4) is 0 Å². The first-order valence-corrected chi connectivity index (χ1v) is 8.40. The van der Waals surface area contributed by atoms with Crippen molar-refractivity contribution >= 4 is 5.91 Å². The quantitative estimate of drug-likeness (QED) is 0.797. The standard InChI is InChI=1S/C18H20N6O/c1-12-11-23(2)17(20-12)16-6-4-8-24(16)18(25)15-9-14(21-22-15)13-5-3-7-19-10-13/h3,5,7,9-11,16H,4,6,8H2,1-2H3,(H,21,22)/t16-/m1/s1. The zero-order valence-corrected chi connectivity index (χ0v) is 14.3. The van der Waals surface area contributed by atoms with Gasteiger partial charge in [0.2, 0.25) is 0 Å². The Morgan fingerprint density at radius 2 is 2.28 bits per heavy atom. The Balaban J connectivity index is 1.60. The normalized spacial score (nSPS) is 17.2. The van der Waals surface area contributed by atoms with Gasteiger partial charge in [0.25, 0.3) is 5.91 Å². The molecule has 1 aliphatic rings. The van der Waals surface area contributed by atoms with Crippen LogP contribution in [0.15, 0.2) is 36.8 Å². The number of aromatic amines is 1. The molecule has 0 spiro atoms. The van der Waals surface area contributed by atoms with Crippen LogP contribution >= 0.6 is 0 Å². The van der Waals surface area contributed by atoms with Crippen molar-refractivity contribution in [2.45, 2.75) is 25.8 Å². The number of aromatic nitrogens is 5. The number of aryl methyl sites for hydroxylation is 2. The third-order valence-corrected chi connectivity index (χ3v) is 4.61. The van der Waals surface area contributed by atoms with Gasteiger partial charge in [-0.1, -0.05) is 0 Å². The molecule has 1 N–H and O–H groups in total. The predicted molar refractivity (Wildman–Crippen MR) is 92.8 cm³/mol. The van der Waals surface area contributed by atoms with Crippen LogP contribution in [0.1, 0.15) is 40.9 Å². The van der Waals surface area contributed by atoms with Crippen LogP contribution in [0, 0.1) is 6.92 Å². The van der Waals surface area contributed by atoms with Crippen molar-refractivity contribution in [2.24, 2.45) is 7.05 Å². The third-order valence-electron chi connectivity index (χ3n) is 4.61. The Hall–Kier alpha value is -2.96. The van der Waals surface area contributed by atoms with Gasteiger partial charge in [-0.25, -0.2) is 4.98 Å². The fourth-order valence-electron chi connectivity index (χ4n) is 3.47. The summed E-state index contributed by atoms with van der Waals surface area (Å²) in [6.07, 6.45) is 7.35. The summed E-state index contributed by atoms with van der Waals surface area (Å²) in [7, 11) is 1.98. The average Bonchev–Trinajstić information content (AvgIpc) is 3.34. The molecule has 0 bridgehead atoms. The Morgan fingerprint density at radius 1 is 1.40 bits per heavy atom. The van der Waals surface area contributed by atoms with E-state index in [1.54, 1.807) is 18.5 Å². The van der Waals surface area contributed by atoms with E-state index in [0.29, 0.717) is 5.69 Å². The van der Waals surface area contributed by atoms with Gasteiger partial charge in [-0.3, -0.25) is 14.9 Å². The Morgan fingerprint density at radius 3 is 3.00 bits per heavy atom. The summed E-state index contributed by atoms with van der Waals surface area (Å²) in [5.41, 5.74) is 3.07. The van der Waals surface area contributed by atoms with E-state index in [2.05, 4.69) is 20.2 Å². The van der Waals surface area contributed by atoms with Crippen LogP contribution < -0.4 is 0 Å². The van der Waals surface area contributed by atoms with E-state index < -0.39 is 0 Å². The summed E-state index contributed by atoms with van der Waals surface area (Å²) < 4.78 is 2.01. The molecular formula is C18H20N6O. The second-order valence-electron chi connectivity index (χ2n) is 6.42. The molecule has 1 atom stereocenters. The summed E-state index contributed by atoms with van der Waals surface area (Å²) in [6, 6.07) is 5.58. The fraction of sp³-hybridized carbons (Fsp3) is 0.333. The maximum absolute atomic E-state index is 13.0. The minimum Gasteiger partial charge on any atom is -0.336 e. The molecule has 0 saturated carbocycles. The fourth-order valence-corrected chi connectivity index (χ4v) is 3.47. The van der Waals surface area contributed by atoms with Crippen LogP contribution in [0.2, 0.25) is 0 Å². The SMILES string of the molecule is Cc1cn(C)c([C@H]2CCCN2C(=O)c2cc(-c3cccnc3)n[nH]2)n1. The van der Waals surface area contributed by atoms with Crippen molar-refractivity contribution in [3.8, 4) is 11.3 Å². The molecule has 4 rings (SSSR count). The second-order valence-corrected chi connectivity index (χ2v) is 6.42. The highest BCUT2D eigenvalue weighted by atomic mass is 16.2. The van der Waals surface area contributed by atoms with Gasteiger partial charge in [0.15, 0.2) is 0 Å². The molecule has 0 unspecified atom stereocenters. The van der Waals surface area contributed by atoms with E-state index >= 15 is 0 Å². The number of nitrogens with one attached hydrogen (secondary N) is 1. The van der Waals surface area contributed by atoms with Gasteiger partial charge >= 0.3 is 0 Å². The summed E-state index contributed by atoms with van der Waals surface area (Å²) in [4.78, 5) is 23.6. The van der Waals surface area contributed by atoms with Crippen molar-refractivity contribution in [1.82, 2.24) is 29.6 Å². The van der Waals surface area contributed by atoms with Crippen molar-refractivity contribution in [1.29, 1.82) is 0 Å². The highest BCUT2D eigenvalue weighted by molar-refractivity contribution is 5.93. The number of amides is 1. The highest BCUT2D eigenvalue weighted by Crippen LogP contribution is 2.32. The van der Waals surface area contributed by atoms with Crippen LogP contribution in [0.4, 0.5) is 0 Å². The zero-order chi connectivity index (χ0) is 17.4. The first-order valence-electron chi connectivity index (χ1n) is 8.40. The number of pyridine rings is 1. The number of carbonyl (C=O) groups excluding carboxylic acids is 1. The first-order chi connectivity index (χ1) is 12.1. The number of H-pyrrole nitrogens is 1. The smallest absolute Gasteiger partial charge is 0.272 e. The molecule has 3 aromatic heterocycles. The van der Waals surface area contributed by atoms with Gasteiger partial charge in [-0.2, -0.15) is 5.10 Å². The summed E-state index contributed by atoms with van der Waals surface area (Å²) in [5.74, 6) is 0.904. The number of hydrogen-bond donors (Lipinski definition) is 1. The van der Waals surface area contributed by atoms with Gasteiger partial charge < -0.3 is 9.47 Å². The highest BCUT2D eigenvalue weighted by Gasteiger charge is 2.34. The molecule has 3 aromatic rings. The number of carbonyl (C=O) groups is 1. The number of imidazole rings is 1. The lowest BCUT2D eigenvalue weighted by molar-refractivity contribution is 0.0722. The Kier molecular flexibility index (Phi) is 3.83. The monoisotopic (exact) mass is 336 g/mol. The van der Waals surface area contributed by atoms with E-state index in [-0.39, 0.29) is 11.9 Å². The maximum atomic E-state index is 13.0. The minimum atomic E-state index is -0.0363. The van der Waals surface area contributed by atoms with Gasteiger partial charge in [-0.15, -0.1) is 0 Å². The van der Waals surface area contributed by atoms with Crippen LogP contribution in [0.5, 0.6) is 0 Å². The summed E-state index contributed by atoms with van der Waals surface area (Å²) in [6.45, 7) is 2.70. The first kappa shape index (κ1) is 15.6. The molecule has 1 amide bonds. The van der Waals surface area contributed by atoms with E-state index in [9.17, 15) is 4.79 Å². The molecule has 1 saturated heterocycles.